The average molecular weight is 513 g/mol. The summed E-state index contributed by atoms with van der Waals surface area (Å²) in [7, 11) is 0. The molecule has 0 spiro atoms. The van der Waals surface area contributed by atoms with Gasteiger partial charge in [0, 0.05) is 18.1 Å². The predicted octanol–water partition coefficient (Wildman–Crippen LogP) is 6.51. The number of hydrogen-bond acceptors (Lipinski definition) is 4. The lowest BCUT2D eigenvalue weighted by atomic mass is 10.0. The van der Waals surface area contributed by atoms with E-state index in [0.29, 0.717) is 10.9 Å². The summed E-state index contributed by atoms with van der Waals surface area (Å²) in [5.74, 6) is 0.578. The third kappa shape index (κ3) is 4.44. The lowest BCUT2D eigenvalue weighted by molar-refractivity contribution is -0.137. The van der Waals surface area contributed by atoms with Gasteiger partial charge in [0.05, 0.1) is 16.3 Å². The van der Waals surface area contributed by atoms with E-state index in [0.717, 1.165) is 27.3 Å². The summed E-state index contributed by atoms with van der Waals surface area (Å²) in [6.07, 6.45) is -1.74. The van der Waals surface area contributed by atoms with Crippen LogP contribution in [0.1, 0.15) is 11.1 Å². The van der Waals surface area contributed by atoms with Crippen molar-refractivity contribution in [1.82, 2.24) is 19.2 Å². The van der Waals surface area contributed by atoms with Gasteiger partial charge >= 0.3 is 11.7 Å². The number of thioether (sulfide) groups is 1. The Balaban J connectivity index is 1.47. The maximum atomic E-state index is 13.3. The summed E-state index contributed by atoms with van der Waals surface area (Å²) in [6.45, 7) is 0. The van der Waals surface area contributed by atoms with E-state index in [1.165, 1.54) is 34.5 Å². The molecule has 2 heterocycles. The second-order valence-corrected chi connectivity index (χ2v) is 8.92. The van der Waals surface area contributed by atoms with E-state index in [2.05, 4.69) is 10.2 Å². The van der Waals surface area contributed by atoms with Gasteiger partial charge in [0.2, 0.25) is 5.65 Å². The van der Waals surface area contributed by atoms with Crippen molar-refractivity contribution in [3.63, 3.8) is 0 Å². The van der Waals surface area contributed by atoms with Crippen LogP contribution in [-0.4, -0.2) is 19.2 Å². The first-order valence-electron chi connectivity index (χ1n) is 10.4. The molecule has 0 fully saturated rings. The van der Waals surface area contributed by atoms with Crippen LogP contribution in [0.25, 0.3) is 22.5 Å². The number of alkyl halides is 3. The van der Waals surface area contributed by atoms with E-state index in [1.54, 1.807) is 6.20 Å². The normalized spacial score (nSPS) is 11.8. The third-order valence-electron chi connectivity index (χ3n) is 5.44. The topological polar surface area (TPSA) is 52.2 Å². The lowest BCUT2D eigenvalue weighted by Gasteiger charge is -2.13. The van der Waals surface area contributed by atoms with Crippen LogP contribution >= 0.6 is 23.4 Å². The molecule has 0 unspecified atom stereocenters. The predicted molar refractivity (Wildman–Crippen MR) is 130 cm³/mol. The molecule has 35 heavy (non-hydrogen) atoms. The van der Waals surface area contributed by atoms with Crippen LogP contribution in [0.5, 0.6) is 0 Å². The van der Waals surface area contributed by atoms with Crippen molar-refractivity contribution in [2.24, 2.45) is 0 Å². The van der Waals surface area contributed by atoms with Gasteiger partial charge in [0.1, 0.15) is 0 Å². The van der Waals surface area contributed by atoms with Crippen molar-refractivity contribution in [3.05, 3.63) is 112 Å². The number of fused-ring (bicyclic) bond motifs is 1. The minimum Gasteiger partial charge on any atom is -0.278 e. The van der Waals surface area contributed by atoms with Gasteiger partial charge < -0.3 is 0 Å². The second-order valence-electron chi connectivity index (χ2n) is 7.60. The summed E-state index contributed by atoms with van der Waals surface area (Å²) in [5.41, 5.74) is 1.54. The van der Waals surface area contributed by atoms with Crippen LogP contribution in [0.2, 0.25) is 5.02 Å². The van der Waals surface area contributed by atoms with Crippen molar-refractivity contribution in [2.75, 3.05) is 0 Å². The lowest BCUT2D eigenvalue weighted by Crippen LogP contribution is -2.21. The summed E-state index contributed by atoms with van der Waals surface area (Å²) in [5, 5.41) is 8.06. The quantitative estimate of drug-likeness (QED) is 0.252. The molecule has 0 saturated carbocycles. The van der Waals surface area contributed by atoms with Gasteiger partial charge in [-0.2, -0.15) is 13.2 Å². The van der Waals surface area contributed by atoms with E-state index < -0.39 is 22.3 Å². The molecule has 3 aromatic carbocycles. The highest BCUT2D eigenvalue weighted by Crippen LogP contribution is 2.37. The molecule has 0 aliphatic carbocycles. The van der Waals surface area contributed by atoms with Gasteiger partial charge in [-0.15, -0.1) is 10.2 Å². The molecule has 0 atom stereocenters. The number of halogens is 4. The average Bonchev–Trinajstić information content (AvgIpc) is 3.27. The molecule has 0 aliphatic heterocycles. The molecule has 5 nitrogen and oxygen atoms in total. The molecule has 0 amide bonds. The molecule has 0 aliphatic rings. The van der Waals surface area contributed by atoms with Crippen LogP contribution in [0.4, 0.5) is 13.2 Å². The van der Waals surface area contributed by atoms with Crippen molar-refractivity contribution >= 4 is 29.0 Å². The van der Waals surface area contributed by atoms with Gasteiger partial charge in [0.15, 0.2) is 5.16 Å². The first-order chi connectivity index (χ1) is 16.8. The largest absolute Gasteiger partial charge is 0.417 e. The van der Waals surface area contributed by atoms with Crippen molar-refractivity contribution in [2.45, 2.75) is 17.1 Å². The van der Waals surface area contributed by atoms with Crippen LogP contribution in [-0.2, 0) is 11.9 Å². The minimum absolute atomic E-state index is 0.0141. The summed E-state index contributed by atoms with van der Waals surface area (Å²) < 4.78 is 42.4. The highest BCUT2D eigenvalue weighted by molar-refractivity contribution is 7.98. The number of nitrogens with zero attached hydrogens (tertiary/aromatic N) is 4. The smallest absolute Gasteiger partial charge is 0.278 e. The zero-order chi connectivity index (χ0) is 24.6. The Hall–Kier alpha value is -3.56. The van der Waals surface area contributed by atoms with Gasteiger partial charge in [-0.3, -0.25) is 13.8 Å². The maximum Gasteiger partial charge on any atom is 0.417 e. The van der Waals surface area contributed by atoms with Crippen LogP contribution in [0.15, 0.2) is 95.1 Å². The Labute approximate surface area is 206 Å². The number of benzene rings is 3. The molecule has 0 saturated heterocycles. The van der Waals surface area contributed by atoms with Gasteiger partial charge in [-0.05, 0) is 28.8 Å². The van der Waals surface area contributed by atoms with E-state index in [-0.39, 0.29) is 11.3 Å². The molecule has 0 radical (unpaired) electrons. The Morgan fingerprint density at radius 1 is 0.886 bits per heavy atom. The SMILES string of the molecule is O=c1c2nnc(SCc3ccccc3-c3ccccc3)n2ccn1-c1cccc(C(F)(F)F)c1Cl. The molecule has 5 aromatic rings. The zero-order valence-electron chi connectivity index (χ0n) is 17.9. The van der Waals surface area contributed by atoms with E-state index in [1.807, 2.05) is 54.6 Å². The number of rotatable bonds is 5. The van der Waals surface area contributed by atoms with Crippen LogP contribution < -0.4 is 5.56 Å². The number of aromatic nitrogens is 4. The van der Waals surface area contributed by atoms with E-state index >= 15 is 0 Å². The van der Waals surface area contributed by atoms with Crippen LogP contribution in [0, 0.1) is 0 Å². The highest BCUT2D eigenvalue weighted by atomic mass is 35.5. The summed E-state index contributed by atoms with van der Waals surface area (Å²) in [6, 6.07) is 21.4. The van der Waals surface area contributed by atoms with Gasteiger partial charge in [0.25, 0.3) is 0 Å². The Kier molecular flexibility index (Phi) is 6.12. The highest BCUT2D eigenvalue weighted by Gasteiger charge is 2.34. The van der Waals surface area contributed by atoms with E-state index in [4.69, 9.17) is 11.6 Å². The fourth-order valence-corrected chi connectivity index (χ4v) is 5.01. The Morgan fingerprint density at radius 2 is 1.63 bits per heavy atom. The Bertz CT molecular complexity index is 1580. The van der Waals surface area contributed by atoms with Crippen molar-refractivity contribution in [1.29, 1.82) is 0 Å². The van der Waals surface area contributed by atoms with Crippen molar-refractivity contribution < 1.29 is 13.2 Å². The molecule has 10 heteroatoms. The molecule has 0 bridgehead atoms. The minimum atomic E-state index is -4.64. The van der Waals surface area contributed by atoms with Crippen molar-refractivity contribution in [3.8, 4) is 16.8 Å². The molecule has 0 N–H and O–H groups in total. The first-order valence-corrected chi connectivity index (χ1v) is 11.8. The fraction of sp³-hybridized carbons (Fsp3) is 0.0800. The zero-order valence-corrected chi connectivity index (χ0v) is 19.5. The third-order valence-corrected chi connectivity index (χ3v) is 6.83. The van der Waals surface area contributed by atoms with Crippen LogP contribution in [0.3, 0.4) is 0 Å². The number of hydrogen-bond donors (Lipinski definition) is 0. The Morgan fingerprint density at radius 3 is 2.40 bits per heavy atom. The summed E-state index contributed by atoms with van der Waals surface area (Å²) >= 11 is 7.42. The van der Waals surface area contributed by atoms with Gasteiger partial charge in [-0.1, -0.05) is 84.0 Å². The molecule has 176 valence electrons. The molecule has 2 aromatic heterocycles. The van der Waals surface area contributed by atoms with E-state index in [9.17, 15) is 18.0 Å². The standard InChI is InChI=1S/C25H16ClF3N4OS/c26-21-19(25(27,28)29)11-6-12-20(21)32-13-14-33-22(23(32)34)30-31-24(33)35-15-17-9-4-5-10-18(17)16-7-2-1-3-8-16/h1-14H,15H2. The first kappa shape index (κ1) is 23.2. The molecular formula is C25H16ClF3N4OS. The monoisotopic (exact) mass is 512 g/mol. The maximum absolute atomic E-state index is 13.3. The summed E-state index contributed by atoms with van der Waals surface area (Å²) in [4.78, 5) is 13.1. The fourth-order valence-electron chi connectivity index (χ4n) is 3.77. The molecule has 5 rings (SSSR count). The van der Waals surface area contributed by atoms with Gasteiger partial charge in [-0.25, -0.2) is 0 Å². The molecular weight excluding hydrogens is 497 g/mol. The second kappa shape index (κ2) is 9.24.